The van der Waals surface area contributed by atoms with E-state index in [1.165, 1.54) is 0 Å². The van der Waals surface area contributed by atoms with E-state index in [-0.39, 0.29) is 145 Å². The molecule has 332 valence electrons. The van der Waals surface area contributed by atoms with Crippen LogP contribution >= 0.6 is 23.9 Å². The van der Waals surface area contributed by atoms with Gasteiger partial charge in [-0.25, -0.2) is 0 Å². The fourth-order valence-electron chi connectivity index (χ4n) is 0.714. The largest absolute Gasteiger partial charge is 3.00 e. The van der Waals surface area contributed by atoms with Gasteiger partial charge >= 0.3 is 33.6 Å². The summed E-state index contributed by atoms with van der Waals surface area (Å²) in [4.78, 5) is 20.4. The molecule has 0 amide bonds. The molecule has 0 unspecified atom stereocenters. The number of carboxylic acid groups (broad SMARTS) is 2. The van der Waals surface area contributed by atoms with E-state index in [0.29, 0.717) is 52.4 Å². The predicted molar refractivity (Wildman–Crippen MR) is 179 cm³/mol. The molecule has 2 atom stereocenters. The Kier molecular flexibility index (Phi) is 260. The molecule has 0 heterocycles. The molecule has 0 spiro atoms. The van der Waals surface area contributed by atoms with Gasteiger partial charge in [-0.05, 0) is 27.7 Å². The van der Waals surface area contributed by atoms with Crippen LogP contribution in [0, 0.1) is 0 Å². The van der Waals surface area contributed by atoms with Gasteiger partial charge in [0.15, 0.2) is 0 Å². The van der Waals surface area contributed by atoms with E-state index in [9.17, 15) is 19.8 Å². The predicted octanol–water partition coefficient (Wildman–Crippen LogP) is -26.1. The standard InChI is InChI=1S/2C5H12N2O2S.4C2H8N2.4BrH.2Co.8H2O/c2*1-5(2,10-7)3(6)4(8)9;4*3-1-2-4;;;;;;;;;;;;;;/h2*3H,6-7H2,1-2H3,(H,8,9);4*1-4H2;4*1H;;;8*1H2/q;;;;;;;;;;2*+3;;;;;;;;/p-6/t2*3-;;;;;;;;;;;;;;;;;;/m10................../s1. The second kappa shape index (κ2) is 98.3. The molecule has 24 nitrogen and oxygen atoms in total. The minimum Gasteiger partial charge on any atom is -1.00 e. The van der Waals surface area contributed by atoms with E-state index in [4.69, 9.17) is 67.6 Å². The molecule has 0 rings (SSSR count). The Morgan fingerprint density at radius 3 is 0.580 bits per heavy atom. The third kappa shape index (κ3) is 117. The first-order valence-electron chi connectivity index (χ1n) is 10.8. The van der Waals surface area contributed by atoms with Crippen LogP contribution in [-0.4, -0.2) is 130 Å². The number of carboxylic acids is 2. The van der Waals surface area contributed by atoms with Crippen LogP contribution in [0.4, 0.5) is 0 Å². The first-order valence-corrected chi connectivity index (χ1v) is 12.5. The number of nitrogens with two attached hydrogens (primary N) is 12. The molecular weight excluding hydrogens is 1080 g/mol. The van der Waals surface area contributed by atoms with Crippen LogP contribution in [0.1, 0.15) is 27.7 Å². The first-order chi connectivity index (χ1) is 16.5. The topological polar surface area (TPSA) is 644 Å². The third-order valence-electron chi connectivity index (χ3n) is 3.28. The summed E-state index contributed by atoms with van der Waals surface area (Å²) >= 11 is 1.84. The van der Waals surface area contributed by atoms with E-state index >= 15 is 0 Å². The Morgan fingerprint density at radius 1 is 0.460 bits per heavy atom. The first kappa shape index (κ1) is 132. The Balaban J connectivity index is -0.0000000118. The quantitative estimate of drug-likeness (QED) is 0.0904. The number of hydrogen-bond donors (Lipinski definition) is 12. The molecule has 0 aromatic carbocycles. The number of carbonyl (C=O) groups excluding carboxylic acids is 2. The second-order valence-corrected chi connectivity index (χ2v) is 9.92. The van der Waals surface area contributed by atoms with Crippen molar-refractivity contribution >= 4 is 35.8 Å². The summed E-state index contributed by atoms with van der Waals surface area (Å²) < 4.78 is -1.34. The number of hydrogen-bond acceptors (Lipinski definition) is 18. The molecule has 0 bridgehead atoms. The molecule has 0 saturated heterocycles. The van der Waals surface area contributed by atoms with Gasteiger partial charge in [-0.1, -0.05) is 23.9 Å². The Bertz CT molecular complexity index is 463. The van der Waals surface area contributed by atoms with Crippen molar-refractivity contribution in [3.8, 4) is 0 Å². The molecule has 0 fully saturated rings. The number of carbonyl (C=O) groups is 2. The van der Waals surface area contributed by atoms with E-state index in [0.717, 1.165) is 23.9 Å². The molecule has 0 aromatic rings. The monoisotopic (exact) mass is 1140 g/mol. The maximum Gasteiger partial charge on any atom is 3.00 e. The van der Waals surface area contributed by atoms with Crippen molar-refractivity contribution in [3.05, 3.63) is 0 Å². The average Bonchev–Trinajstić information content (AvgIpc) is 2.88. The van der Waals surface area contributed by atoms with Gasteiger partial charge < -0.3 is 189 Å². The molecule has 32 heteroatoms. The maximum absolute atomic E-state index is 10.2. The summed E-state index contributed by atoms with van der Waals surface area (Å²) in [6, 6.07) is -2.05. The zero-order valence-corrected chi connectivity index (χ0v) is 38.4. The van der Waals surface area contributed by atoms with Crippen molar-refractivity contribution in [3.63, 3.8) is 0 Å². The molecule has 0 aliphatic carbocycles. The summed E-state index contributed by atoms with van der Waals surface area (Å²) in [6.07, 6.45) is 0. The Labute approximate surface area is 367 Å². The van der Waals surface area contributed by atoms with Crippen LogP contribution in [0.3, 0.4) is 0 Å². The smallest absolute Gasteiger partial charge is 1.00 e. The summed E-state index contributed by atoms with van der Waals surface area (Å²) in [5.41, 5.74) is 49.7. The van der Waals surface area contributed by atoms with E-state index in [2.05, 4.69) is 0 Å². The molecule has 0 saturated carbocycles. The maximum atomic E-state index is 10.2. The number of rotatable bonds is 10. The molecular formula is C18H70Br4Co2N12O12S2. The fraction of sp³-hybridized carbons (Fsp3) is 0.889. The second-order valence-electron chi connectivity index (χ2n) is 7.35. The van der Waals surface area contributed by atoms with Gasteiger partial charge in [-0.3, -0.25) is 10.3 Å². The van der Waals surface area contributed by atoms with Crippen LogP contribution in [0.15, 0.2) is 0 Å². The van der Waals surface area contributed by atoms with Gasteiger partial charge in [0.05, 0.1) is 24.0 Å². The third-order valence-corrected chi connectivity index (χ3v) is 5.00. The Hall–Kier alpha value is 1.77. The van der Waals surface area contributed by atoms with Crippen molar-refractivity contribution in [1.29, 1.82) is 0 Å². The molecule has 0 aromatic heterocycles. The molecule has 0 aliphatic heterocycles. The number of halogens is 4. The van der Waals surface area contributed by atoms with E-state index in [1.54, 1.807) is 27.7 Å². The van der Waals surface area contributed by atoms with Gasteiger partial charge in [-0.2, -0.15) is 0 Å². The minimum absolute atomic E-state index is 0. The van der Waals surface area contributed by atoms with Gasteiger partial charge in [0.25, 0.3) is 0 Å². The zero-order chi connectivity index (χ0) is 30.4. The van der Waals surface area contributed by atoms with Crippen LogP contribution in [0.5, 0.6) is 0 Å². The van der Waals surface area contributed by atoms with E-state index in [1.807, 2.05) is 0 Å². The zero-order valence-electron chi connectivity index (χ0n) is 28.4. The van der Waals surface area contributed by atoms with Gasteiger partial charge in [0.2, 0.25) is 0 Å². The summed E-state index contributed by atoms with van der Waals surface area (Å²) in [7, 11) is 0. The molecule has 40 N–H and O–H groups in total. The normalized spacial score (nSPS) is 8.32. The van der Waals surface area contributed by atoms with Crippen LogP contribution in [0.25, 0.3) is 0 Å². The minimum atomic E-state index is -1.28. The Morgan fingerprint density at radius 2 is 0.560 bits per heavy atom. The van der Waals surface area contributed by atoms with Crippen molar-refractivity contribution in [2.24, 2.45) is 67.6 Å². The van der Waals surface area contributed by atoms with Crippen LogP contribution in [0.2, 0.25) is 0 Å². The van der Waals surface area contributed by atoms with Crippen LogP contribution < -0.4 is 146 Å². The fourth-order valence-corrected chi connectivity index (χ4v) is 1.20. The summed E-state index contributed by atoms with van der Waals surface area (Å²) in [5.74, 6) is -2.55. The molecule has 0 aliphatic rings. The van der Waals surface area contributed by atoms with Crippen molar-refractivity contribution in [1.82, 2.24) is 0 Å². The number of aliphatic carboxylic acids is 2. The van der Waals surface area contributed by atoms with Crippen molar-refractivity contribution < 1.29 is 165 Å². The molecule has 50 heavy (non-hydrogen) atoms. The summed E-state index contributed by atoms with van der Waals surface area (Å²) in [6.45, 7) is 11.4. The SMILES string of the molecule is CC(C)(SN)[C@@H](N)C(=O)[O-].CC(C)(SN)[C@H](N)C(=O)[O-].NCCN.NCCN.NCCN.NCCN.O.O.O.O.O.O.O.O.[Br-].[Br-].[Br-].[Br-].[Co+3].[Co+3]. The van der Waals surface area contributed by atoms with Gasteiger partial charge in [0.1, 0.15) is 0 Å². The van der Waals surface area contributed by atoms with Gasteiger partial charge in [0, 0.05) is 61.9 Å². The van der Waals surface area contributed by atoms with Crippen molar-refractivity contribution in [2.75, 3.05) is 52.4 Å². The molecule has 0 radical (unpaired) electrons. The average molecular weight is 1150 g/mol. The van der Waals surface area contributed by atoms with Crippen LogP contribution in [-0.2, 0) is 43.1 Å². The summed E-state index contributed by atoms with van der Waals surface area (Å²) in [5, 5.41) is 30.8. The van der Waals surface area contributed by atoms with Crippen molar-refractivity contribution in [2.45, 2.75) is 49.3 Å². The van der Waals surface area contributed by atoms with Gasteiger partial charge in [-0.15, -0.1) is 0 Å². The van der Waals surface area contributed by atoms with E-state index < -0.39 is 33.5 Å².